The highest BCUT2D eigenvalue weighted by molar-refractivity contribution is 6.30. The van der Waals surface area contributed by atoms with E-state index in [1.807, 2.05) is 31.2 Å². The molecule has 1 atom stereocenters. The molecule has 124 valence electrons. The van der Waals surface area contributed by atoms with Crippen molar-refractivity contribution in [2.75, 3.05) is 11.9 Å². The summed E-state index contributed by atoms with van der Waals surface area (Å²) in [7, 11) is 0. The molecule has 0 spiro atoms. The molecule has 0 aliphatic carbocycles. The fraction of sp³-hybridized carbons (Fsp3) is 0.375. The van der Waals surface area contributed by atoms with E-state index >= 15 is 0 Å². The Labute approximate surface area is 140 Å². The highest BCUT2D eigenvalue weighted by atomic mass is 35.5. The van der Waals surface area contributed by atoms with Crippen LogP contribution in [-0.4, -0.2) is 33.6 Å². The molecule has 2 aromatic rings. The van der Waals surface area contributed by atoms with Crippen molar-refractivity contribution >= 4 is 23.3 Å². The summed E-state index contributed by atoms with van der Waals surface area (Å²) in [5.41, 5.74) is 1.69. The van der Waals surface area contributed by atoms with Gasteiger partial charge in [-0.1, -0.05) is 30.7 Å². The quantitative estimate of drug-likeness (QED) is 0.727. The zero-order chi connectivity index (χ0) is 16.7. The number of carbonyl (C=O) groups excluding carboxylic acids is 1. The maximum atomic E-state index is 11.7. The third-order valence-corrected chi connectivity index (χ3v) is 3.64. The van der Waals surface area contributed by atoms with Gasteiger partial charge in [0.1, 0.15) is 0 Å². The molecule has 0 fully saturated rings. The Bertz CT molecular complexity index is 627. The summed E-state index contributed by atoms with van der Waals surface area (Å²) in [5.74, 6) is 0. The lowest BCUT2D eigenvalue weighted by molar-refractivity contribution is 0.160. The first kappa shape index (κ1) is 17.3. The summed E-state index contributed by atoms with van der Waals surface area (Å²) in [5, 5.41) is 19.7. The number of aliphatic hydroxyl groups excluding tert-OH is 1. The zero-order valence-electron chi connectivity index (χ0n) is 13.0. The number of hydrogen-bond donors (Lipinski definition) is 3. The van der Waals surface area contributed by atoms with Gasteiger partial charge in [-0.15, -0.1) is 0 Å². The summed E-state index contributed by atoms with van der Waals surface area (Å²) in [6.07, 6.45) is 4.20. The van der Waals surface area contributed by atoms with E-state index in [0.29, 0.717) is 36.6 Å². The minimum absolute atomic E-state index is 0.306. The molecule has 0 aliphatic heterocycles. The number of anilines is 1. The van der Waals surface area contributed by atoms with E-state index in [-0.39, 0.29) is 12.1 Å². The van der Waals surface area contributed by atoms with Crippen molar-refractivity contribution in [2.45, 2.75) is 32.4 Å². The lowest BCUT2D eigenvalue weighted by Gasteiger charge is -2.09. The van der Waals surface area contributed by atoms with E-state index in [9.17, 15) is 9.90 Å². The van der Waals surface area contributed by atoms with Gasteiger partial charge in [-0.3, -0.25) is 4.68 Å². The van der Waals surface area contributed by atoms with Gasteiger partial charge >= 0.3 is 6.03 Å². The number of benzene rings is 1. The molecule has 6 nitrogen and oxygen atoms in total. The number of nitrogens with zero attached hydrogens (tertiary/aromatic N) is 2. The van der Waals surface area contributed by atoms with Crippen molar-refractivity contribution in [1.29, 1.82) is 0 Å². The lowest BCUT2D eigenvalue weighted by Crippen LogP contribution is -2.31. The third kappa shape index (κ3) is 5.92. The highest BCUT2D eigenvalue weighted by Crippen LogP contribution is 2.12. The predicted molar refractivity (Wildman–Crippen MR) is 90.7 cm³/mol. The Morgan fingerprint density at radius 1 is 1.39 bits per heavy atom. The zero-order valence-corrected chi connectivity index (χ0v) is 13.8. The number of amides is 2. The Morgan fingerprint density at radius 2 is 2.13 bits per heavy atom. The molecule has 0 saturated heterocycles. The van der Waals surface area contributed by atoms with Crippen LogP contribution in [0.4, 0.5) is 10.5 Å². The first-order valence-electron chi connectivity index (χ1n) is 7.56. The van der Waals surface area contributed by atoms with Crippen molar-refractivity contribution in [3.05, 3.63) is 47.2 Å². The number of hydrogen-bond acceptors (Lipinski definition) is 3. The number of aliphatic hydroxyl groups is 1. The molecule has 1 heterocycles. The van der Waals surface area contributed by atoms with Crippen molar-refractivity contribution in [1.82, 2.24) is 15.1 Å². The second-order valence-corrected chi connectivity index (χ2v) is 5.72. The Morgan fingerprint density at radius 3 is 2.83 bits per heavy atom. The predicted octanol–water partition coefficient (Wildman–Crippen LogP) is 2.87. The summed E-state index contributed by atoms with van der Waals surface area (Å²) in [4.78, 5) is 11.7. The molecule has 1 aromatic carbocycles. The second kappa shape index (κ2) is 8.55. The summed E-state index contributed by atoms with van der Waals surface area (Å²) in [6, 6.07) is 7.22. The molecule has 1 aromatic heterocycles. The molecule has 1 unspecified atom stereocenters. The smallest absolute Gasteiger partial charge is 0.319 e. The van der Waals surface area contributed by atoms with E-state index in [4.69, 9.17) is 11.6 Å². The summed E-state index contributed by atoms with van der Waals surface area (Å²) < 4.78 is 1.74. The number of rotatable bonds is 7. The fourth-order valence-electron chi connectivity index (χ4n) is 2.02. The van der Waals surface area contributed by atoms with Gasteiger partial charge < -0.3 is 15.7 Å². The van der Waals surface area contributed by atoms with Crippen molar-refractivity contribution in [3.63, 3.8) is 0 Å². The number of carbonyl (C=O) groups is 1. The Balaban J connectivity index is 1.80. The molecule has 2 amide bonds. The third-order valence-electron chi connectivity index (χ3n) is 3.38. The SMILES string of the molecule is CCC(O)CCNC(=O)Nc1cnn(Cc2ccc(Cl)cc2)c1. The monoisotopic (exact) mass is 336 g/mol. The summed E-state index contributed by atoms with van der Waals surface area (Å²) in [6.45, 7) is 2.93. The van der Waals surface area contributed by atoms with E-state index in [1.165, 1.54) is 0 Å². The molecule has 7 heteroatoms. The van der Waals surface area contributed by atoms with E-state index in [0.717, 1.165) is 5.56 Å². The number of halogens is 1. The van der Waals surface area contributed by atoms with Gasteiger partial charge in [0.05, 0.1) is 24.5 Å². The van der Waals surface area contributed by atoms with Crippen molar-refractivity contribution in [3.8, 4) is 0 Å². The van der Waals surface area contributed by atoms with Crippen LogP contribution in [0, 0.1) is 0 Å². The first-order chi connectivity index (χ1) is 11.1. The number of aromatic nitrogens is 2. The molecule has 2 rings (SSSR count). The van der Waals surface area contributed by atoms with Crippen molar-refractivity contribution < 1.29 is 9.90 Å². The maximum absolute atomic E-state index is 11.7. The Hall–Kier alpha value is -2.05. The van der Waals surface area contributed by atoms with Gasteiger partial charge in [-0.05, 0) is 30.5 Å². The first-order valence-corrected chi connectivity index (χ1v) is 7.94. The van der Waals surface area contributed by atoms with Crippen LogP contribution in [0.1, 0.15) is 25.3 Å². The molecular weight excluding hydrogens is 316 g/mol. The molecule has 0 radical (unpaired) electrons. The Kier molecular flexibility index (Phi) is 6.43. The second-order valence-electron chi connectivity index (χ2n) is 5.28. The number of nitrogens with one attached hydrogen (secondary N) is 2. The van der Waals surface area contributed by atoms with E-state index < -0.39 is 0 Å². The molecule has 0 bridgehead atoms. The van der Waals surface area contributed by atoms with Crippen LogP contribution < -0.4 is 10.6 Å². The van der Waals surface area contributed by atoms with Gasteiger partial charge in [0, 0.05) is 17.8 Å². The molecule has 0 saturated carbocycles. The topological polar surface area (TPSA) is 79.2 Å². The van der Waals surface area contributed by atoms with E-state index in [1.54, 1.807) is 17.1 Å². The largest absolute Gasteiger partial charge is 0.393 e. The molecule has 0 aliphatic rings. The molecule has 23 heavy (non-hydrogen) atoms. The summed E-state index contributed by atoms with van der Waals surface area (Å²) >= 11 is 5.85. The molecular formula is C16H21ClN4O2. The van der Waals surface area contributed by atoms with Gasteiger partial charge in [-0.2, -0.15) is 5.10 Å². The van der Waals surface area contributed by atoms with Crippen LogP contribution in [0.3, 0.4) is 0 Å². The van der Waals surface area contributed by atoms with Gasteiger partial charge in [0.15, 0.2) is 0 Å². The molecule has 3 N–H and O–H groups in total. The minimum Gasteiger partial charge on any atom is -0.393 e. The van der Waals surface area contributed by atoms with Crippen LogP contribution in [0.15, 0.2) is 36.7 Å². The van der Waals surface area contributed by atoms with Crippen LogP contribution >= 0.6 is 11.6 Å². The van der Waals surface area contributed by atoms with Gasteiger partial charge in [-0.25, -0.2) is 4.79 Å². The van der Waals surface area contributed by atoms with Gasteiger partial charge in [0.25, 0.3) is 0 Å². The standard InChI is InChI=1S/C16H21ClN4O2/c1-2-15(22)7-8-18-16(23)20-14-9-19-21(11-14)10-12-3-5-13(17)6-4-12/h3-6,9,11,15,22H,2,7-8,10H2,1H3,(H2,18,20,23). The van der Waals surface area contributed by atoms with E-state index in [2.05, 4.69) is 15.7 Å². The fourth-order valence-corrected chi connectivity index (χ4v) is 2.15. The average Bonchev–Trinajstić information content (AvgIpc) is 2.96. The van der Waals surface area contributed by atoms with Crippen LogP contribution in [-0.2, 0) is 6.54 Å². The number of urea groups is 1. The van der Waals surface area contributed by atoms with Crippen LogP contribution in [0.5, 0.6) is 0 Å². The van der Waals surface area contributed by atoms with Crippen molar-refractivity contribution in [2.24, 2.45) is 0 Å². The van der Waals surface area contributed by atoms with Crippen LogP contribution in [0.25, 0.3) is 0 Å². The maximum Gasteiger partial charge on any atom is 0.319 e. The van der Waals surface area contributed by atoms with Crippen LogP contribution in [0.2, 0.25) is 5.02 Å². The normalized spacial score (nSPS) is 12.0. The van der Waals surface area contributed by atoms with Gasteiger partial charge in [0.2, 0.25) is 0 Å². The lowest BCUT2D eigenvalue weighted by atomic mass is 10.2. The minimum atomic E-state index is -0.377. The average molecular weight is 337 g/mol. The highest BCUT2D eigenvalue weighted by Gasteiger charge is 2.06.